The largest absolute Gasteiger partial charge is 0.264 e. The quantitative estimate of drug-likeness (QED) is 0.829. The van der Waals surface area contributed by atoms with E-state index in [1.807, 2.05) is 19.9 Å². The molecule has 1 unspecified atom stereocenters. The molecule has 0 saturated heterocycles. The molecule has 6 heteroatoms. The standard InChI is InChI=1S/C15H19ClN2O2S/c1-11(2)14(6-8-16)18-21(19,20)15-5-3-4-12-10-17-9-7-13(12)15/h3-5,7,9-11,14,18H,6,8H2,1-2H3. The van der Waals surface area contributed by atoms with E-state index in [0.29, 0.717) is 17.7 Å². The summed E-state index contributed by atoms with van der Waals surface area (Å²) in [5.74, 6) is 0.598. The Morgan fingerprint density at radius 3 is 2.71 bits per heavy atom. The summed E-state index contributed by atoms with van der Waals surface area (Å²) in [6, 6.07) is 6.73. The molecule has 0 bridgehead atoms. The number of benzene rings is 1. The van der Waals surface area contributed by atoms with Gasteiger partial charge in [-0.3, -0.25) is 4.98 Å². The topological polar surface area (TPSA) is 59.1 Å². The minimum Gasteiger partial charge on any atom is -0.264 e. The zero-order valence-electron chi connectivity index (χ0n) is 12.1. The molecule has 1 aromatic carbocycles. The molecule has 1 atom stereocenters. The predicted octanol–water partition coefficient (Wildman–Crippen LogP) is 3.17. The van der Waals surface area contributed by atoms with Crippen LogP contribution in [-0.4, -0.2) is 25.3 Å². The molecule has 4 nitrogen and oxygen atoms in total. The third-order valence-electron chi connectivity index (χ3n) is 3.46. The van der Waals surface area contributed by atoms with Crippen molar-refractivity contribution in [3.63, 3.8) is 0 Å². The monoisotopic (exact) mass is 326 g/mol. The summed E-state index contributed by atoms with van der Waals surface area (Å²) in [5, 5.41) is 1.48. The maximum atomic E-state index is 12.7. The van der Waals surface area contributed by atoms with Gasteiger partial charge in [-0.2, -0.15) is 0 Å². The second-order valence-corrected chi connectivity index (χ2v) is 7.36. The van der Waals surface area contributed by atoms with Crippen molar-refractivity contribution >= 4 is 32.4 Å². The summed E-state index contributed by atoms with van der Waals surface area (Å²) < 4.78 is 28.1. The van der Waals surface area contributed by atoms with Crippen LogP contribution in [0, 0.1) is 5.92 Å². The van der Waals surface area contributed by atoms with Crippen molar-refractivity contribution in [2.75, 3.05) is 5.88 Å². The highest BCUT2D eigenvalue weighted by atomic mass is 35.5. The number of hydrogen-bond donors (Lipinski definition) is 1. The molecule has 0 fully saturated rings. The first-order chi connectivity index (χ1) is 9.95. The van der Waals surface area contributed by atoms with Crippen LogP contribution < -0.4 is 4.72 Å². The van der Waals surface area contributed by atoms with Gasteiger partial charge in [0.05, 0.1) is 4.90 Å². The third kappa shape index (κ3) is 3.73. The average molecular weight is 327 g/mol. The lowest BCUT2D eigenvalue weighted by atomic mass is 10.0. The number of rotatable bonds is 6. The van der Waals surface area contributed by atoms with Crippen molar-refractivity contribution in [1.29, 1.82) is 0 Å². The molecule has 1 N–H and O–H groups in total. The van der Waals surface area contributed by atoms with Crippen LogP contribution in [0.5, 0.6) is 0 Å². The summed E-state index contributed by atoms with van der Waals surface area (Å²) in [7, 11) is -3.59. The van der Waals surface area contributed by atoms with E-state index < -0.39 is 10.0 Å². The normalized spacial score (nSPS) is 13.7. The van der Waals surface area contributed by atoms with Gasteiger partial charge >= 0.3 is 0 Å². The molecule has 0 aliphatic carbocycles. The van der Waals surface area contributed by atoms with Crippen LogP contribution in [0.3, 0.4) is 0 Å². The molecule has 0 aliphatic heterocycles. The molecule has 1 aromatic heterocycles. The van der Waals surface area contributed by atoms with Crippen molar-refractivity contribution < 1.29 is 8.42 Å². The number of nitrogens with one attached hydrogen (secondary N) is 1. The first kappa shape index (κ1) is 16.2. The molecular weight excluding hydrogens is 308 g/mol. The Labute approximate surface area is 130 Å². The van der Waals surface area contributed by atoms with Crippen molar-refractivity contribution in [3.8, 4) is 0 Å². The van der Waals surface area contributed by atoms with Gasteiger partial charge in [0.25, 0.3) is 0 Å². The van der Waals surface area contributed by atoms with Crippen LogP contribution in [-0.2, 0) is 10.0 Å². The summed E-state index contributed by atoms with van der Waals surface area (Å²) in [5.41, 5.74) is 0. The number of hydrogen-bond acceptors (Lipinski definition) is 3. The molecule has 0 aliphatic rings. The average Bonchev–Trinajstić information content (AvgIpc) is 2.46. The van der Waals surface area contributed by atoms with E-state index in [-0.39, 0.29) is 16.9 Å². The Hall–Kier alpha value is -1.17. The number of pyridine rings is 1. The molecule has 0 spiro atoms. The Kier molecular flexibility index (Phi) is 5.19. The SMILES string of the molecule is CC(C)C(CCCl)NS(=O)(=O)c1cccc2cnccc12. The maximum Gasteiger partial charge on any atom is 0.241 e. The van der Waals surface area contributed by atoms with Crippen LogP contribution >= 0.6 is 11.6 Å². The summed E-state index contributed by atoms with van der Waals surface area (Å²) in [6.07, 6.45) is 3.86. The zero-order chi connectivity index (χ0) is 15.5. The van der Waals surface area contributed by atoms with Gasteiger partial charge < -0.3 is 0 Å². The Bertz CT molecular complexity index is 711. The Morgan fingerprint density at radius 2 is 2.05 bits per heavy atom. The van der Waals surface area contributed by atoms with E-state index in [0.717, 1.165) is 5.39 Å². The molecule has 0 saturated carbocycles. The van der Waals surface area contributed by atoms with Gasteiger partial charge in [0.15, 0.2) is 0 Å². The van der Waals surface area contributed by atoms with Gasteiger partial charge in [-0.15, -0.1) is 11.6 Å². The molecule has 1 heterocycles. The highest BCUT2D eigenvalue weighted by molar-refractivity contribution is 7.89. The van der Waals surface area contributed by atoms with E-state index in [1.165, 1.54) is 0 Å². The summed E-state index contributed by atoms with van der Waals surface area (Å²) in [4.78, 5) is 4.30. The molecule has 0 amide bonds. The van der Waals surface area contributed by atoms with Crippen molar-refractivity contribution in [2.24, 2.45) is 5.92 Å². The smallest absolute Gasteiger partial charge is 0.241 e. The van der Waals surface area contributed by atoms with Crippen molar-refractivity contribution in [2.45, 2.75) is 31.2 Å². The van der Waals surface area contributed by atoms with Crippen LogP contribution in [0.15, 0.2) is 41.6 Å². The van der Waals surface area contributed by atoms with Gasteiger partial charge in [0.1, 0.15) is 0 Å². The minimum atomic E-state index is -3.59. The number of halogens is 1. The molecule has 0 radical (unpaired) electrons. The number of aromatic nitrogens is 1. The molecule has 114 valence electrons. The Balaban J connectivity index is 2.42. The van der Waals surface area contributed by atoms with Crippen LogP contribution in [0.25, 0.3) is 10.8 Å². The highest BCUT2D eigenvalue weighted by Gasteiger charge is 2.23. The van der Waals surface area contributed by atoms with Gasteiger partial charge in [0, 0.05) is 35.1 Å². The minimum absolute atomic E-state index is 0.176. The molecule has 2 aromatic rings. The van der Waals surface area contributed by atoms with Crippen molar-refractivity contribution in [1.82, 2.24) is 9.71 Å². The second kappa shape index (κ2) is 6.73. The number of sulfonamides is 1. The summed E-state index contributed by atoms with van der Waals surface area (Å²) in [6.45, 7) is 3.96. The third-order valence-corrected chi connectivity index (χ3v) is 5.23. The molecule has 2 rings (SSSR count). The fourth-order valence-corrected chi connectivity index (χ4v) is 4.12. The fraction of sp³-hybridized carbons (Fsp3) is 0.400. The maximum absolute atomic E-state index is 12.7. The van der Waals surface area contributed by atoms with Crippen LogP contribution in [0.1, 0.15) is 20.3 Å². The molecule has 21 heavy (non-hydrogen) atoms. The van der Waals surface area contributed by atoms with Gasteiger partial charge in [0.2, 0.25) is 10.0 Å². The lowest BCUT2D eigenvalue weighted by molar-refractivity contribution is 0.439. The lowest BCUT2D eigenvalue weighted by Gasteiger charge is -2.21. The van der Waals surface area contributed by atoms with Crippen LogP contribution in [0.2, 0.25) is 0 Å². The van der Waals surface area contributed by atoms with E-state index in [1.54, 1.807) is 30.6 Å². The fourth-order valence-electron chi connectivity index (χ4n) is 2.24. The zero-order valence-corrected chi connectivity index (χ0v) is 13.7. The van der Waals surface area contributed by atoms with Gasteiger partial charge in [-0.05, 0) is 24.5 Å². The molecular formula is C15H19ClN2O2S. The van der Waals surface area contributed by atoms with E-state index in [2.05, 4.69) is 9.71 Å². The van der Waals surface area contributed by atoms with Crippen molar-refractivity contribution in [3.05, 3.63) is 36.7 Å². The van der Waals surface area contributed by atoms with Crippen LogP contribution in [0.4, 0.5) is 0 Å². The lowest BCUT2D eigenvalue weighted by Crippen LogP contribution is -2.38. The van der Waals surface area contributed by atoms with Gasteiger partial charge in [-0.1, -0.05) is 26.0 Å². The number of fused-ring (bicyclic) bond motifs is 1. The van der Waals surface area contributed by atoms with E-state index in [4.69, 9.17) is 11.6 Å². The second-order valence-electron chi connectivity index (χ2n) is 5.30. The first-order valence-electron chi connectivity index (χ1n) is 6.86. The Morgan fingerprint density at radius 1 is 1.29 bits per heavy atom. The summed E-state index contributed by atoms with van der Waals surface area (Å²) >= 11 is 5.77. The first-order valence-corrected chi connectivity index (χ1v) is 8.88. The van der Waals surface area contributed by atoms with Gasteiger partial charge in [-0.25, -0.2) is 13.1 Å². The number of alkyl halides is 1. The van der Waals surface area contributed by atoms with E-state index in [9.17, 15) is 8.42 Å². The number of nitrogens with zero attached hydrogens (tertiary/aromatic N) is 1. The predicted molar refractivity (Wildman–Crippen MR) is 86.0 cm³/mol. The van der Waals surface area contributed by atoms with E-state index >= 15 is 0 Å². The highest BCUT2D eigenvalue weighted by Crippen LogP contribution is 2.23.